The van der Waals surface area contributed by atoms with E-state index in [2.05, 4.69) is 14.7 Å². The zero-order valence-corrected chi connectivity index (χ0v) is 14.7. The second-order valence-corrected chi connectivity index (χ2v) is 8.47. The molecule has 2 aliphatic heterocycles. The first-order valence-electron chi connectivity index (χ1n) is 7.62. The average molecular weight is 374 g/mol. The molecule has 4 rings (SSSR count). The summed E-state index contributed by atoms with van der Waals surface area (Å²) in [4.78, 5) is 18.5. The molecule has 25 heavy (non-hydrogen) atoms. The Labute approximate surface area is 148 Å². The number of hydrogen-bond donors (Lipinski definition) is 1. The van der Waals surface area contributed by atoms with Crippen LogP contribution in [0.4, 0.5) is 0 Å². The third-order valence-electron chi connectivity index (χ3n) is 3.82. The number of fused-ring (bicyclic) bond motifs is 2. The van der Waals surface area contributed by atoms with Gasteiger partial charge in [0, 0.05) is 12.7 Å². The second kappa shape index (κ2) is 6.08. The van der Waals surface area contributed by atoms with E-state index in [1.165, 1.54) is 0 Å². The topological polar surface area (TPSA) is 91.7 Å². The van der Waals surface area contributed by atoms with Gasteiger partial charge in [-0.1, -0.05) is 12.1 Å². The van der Waals surface area contributed by atoms with Crippen LogP contribution >= 0.6 is 11.3 Å². The Morgan fingerprint density at radius 3 is 2.96 bits per heavy atom. The number of sulfonamides is 1. The number of carbonyl (C=O) groups excluding carboxylic acids is 1. The van der Waals surface area contributed by atoms with Crippen LogP contribution in [-0.4, -0.2) is 42.3 Å². The second-order valence-electron chi connectivity index (χ2n) is 5.60. The van der Waals surface area contributed by atoms with Gasteiger partial charge in [-0.15, -0.1) is 15.7 Å². The molecule has 0 radical (unpaired) electrons. The van der Waals surface area contributed by atoms with Gasteiger partial charge in [0.2, 0.25) is 0 Å². The molecule has 2 aliphatic rings. The van der Waals surface area contributed by atoms with Crippen LogP contribution in [0.2, 0.25) is 0 Å². The first-order valence-corrected chi connectivity index (χ1v) is 10.0. The molecule has 0 spiro atoms. The van der Waals surface area contributed by atoms with Crippen LogP contribution in [0.5, 0.6) is 0 Å². The third kappa shape index (κ3) is 3.33. The lowest BCUT2D eigenvalue weighted by molar-refractivity contribution is -0.117. The van der Waals surface area contributed by atoms with Gasteiger partial charge in [0.1, 0.15) is 10.8 Å². The molecular formula is C16H14N4O3S2. The predicted molar refractivity (Wildman–Crippen MR) is 96.6 cm³/mol. The van der Waals surface area contributed by atoms with Crippen LogP contribution in [-0.2, 0) is 21.4 Å². The SMILES string of the molecule is O=C(NCc1nc2ccccc2s1)C1=CN2CCS(=O)(=O)N=C2C=C1. The highest BCUT2D eigenvalue weighted by atomic mass is 32.2. The van der Waals surface area contributed by atoms with E-state index in [1.54, 1.807) is 34.6 Å². The monoisotopic (exact) mass is 374 g/mol. The van der Waals surface area contributed by atoms with Gasteiger partial charge in [0.15, 0.2) is 0 Å². The summed E-state index contributed by atoms with van der Waals surface area (Å²) in [5, 5.41) is 3.68. The normalized spacial score (nSPS) is 18.5. The first-order chi connectivity index (χ1) is 12.0. The molecule has 0 unspecified atom stereocenters. The molecule has 1 aromatic heterocycles. The minimum Gasteiger partial charge on any atom is -0.345 e. The van der Waals surface area contributed by atoms with Crippen molar-refractivity contribution < 1.29 is 13.2 Å². The molecule has 0 fully saturated rings. The number of nitrogens with one attached hydrogen (secondary N) is 1. The van der Waals surface area contributed by atoms with E-state index in [0.717, 1.165) is 15.2 Å². The molecule has 0 saturated carbocycles. The van der Waals surface area contributed by atoms with Crippen molar-refractivity contribution in [1.82, 2.24) is 15.2 Å². The van der Waals surface area contributed by atoms with Crippen molar-refractivity contribution in [2.75, 3.05) is 12.3 Å². The molecule has 0 aliphatic carbocycles. The first kappa shape index (κ1) is 16.0. The quantitative estimate of drug-likeness (QED) is 0.877. The molecule has 1 aromatic carbocycles. The van der Waals surface area contributed by atoms with E-state index in [0.29, 0.717) is 24.5 Å². The van der Waals surface area contributed by atoms with Crippen LogP contribution < -0.4 is 5.32 Å². The fraction of sp³-hybridized carbons (Fsp3) is 0.188. The summed E-state index contributed by atoms with van der Waals surface area (Å²) in [5.41, 5.74) is 1.38. The lowest BCUT2D eigenvalue weighted by Gasteiger charge is -2.26. The summed E-state index contributed by atoms with van der Waals surface area (Å²) in [6.07, 6.45) is 4.74. The Balaban J connectivity index is 1.45. The third-order valence-corrected chi connectivity index (χ3v) is 6.02. The van der Waals surface area contributed by atoms with Crippen molar-refractivity contribution >= 4 is 43.3 Å². The van der Waals surface area contributed by atoms with Gasteiger partial charge in [0.25, 0.3) is 15.9 Å². The number of hydrogen-bond acceptors (Lipinski definition) is 6. The van der Waals surface area contributed by atoms with Crippen LogP contribution in [0.1, 0.15) is 5.01 Å². The molecule has 7 nitrogen and oxygen atoms in total. The number of benzene rings is 1. The highest BCUT2D eigenvalue weighted by molar-refractivity contribution is 7.90. The summed E-state index contributed by atoms with van der Waals surface area (Å²) < 4.78 is 27.8. The van der Waals surface area contributed by atoms with E-state index in [1.807, 2.05) is 24.3 Å². The molecule has 9 heteroatoms. The molecule has 0 saturated heterocycles. The minimum absolute atomic E-state index is 0.0541. The summed E-state index contributed by atoms with van der Waals surface area (Å²) in [7, 11) is -3.39. The van der Waals surface area contributed by atoms with Crippen LogP contribution in [0.3, 0.4) is 0 Å². The fourth-order valence-electron chi connectivity index (χ4n) is 2.59. The standard InChI is InChI=1S/C16H14N4O3S2/c21-16(17-9-15-18-12-3-1-2-4-13(12)24-15)11-5-6-14-19-25(22,23)8-7-20(14)10-11/h1-6,10H,7-9H2,(H,17,21). The Bertz CT molecular complexity index is 1020. The Morgan fingerprint density at radius 1 is 1.28 bits per heavy atom. The molecule has 1 amide bonds. The lowest BCUT2D eigenvalue weighted by atomic mass is 10.2. The number of thiazole rings is 1. The number of aromatic nitrogens is 1. The molecular weight excluding hydrogens is 360 g/mol. The van der Waals surface area contributed by atoms with Gasteiger partial charge in [-0.05, 0) is 24.3 Å². The van der Waals surface area contributed by atoms with Crippen LogP contribution in [0.25, 0.3) is 10.2 Å². The van der Waals surface area contributed by atoms with Gasteiger partial charge in [-0.25, -0.2) is 13.4 Å². The summed E-state index contributed by atoms with van der Waals surface area (Å²) in [6.45, 7) is 0.638. The van der Waals surface area contributed by atoms with Gasteiger partial charge in [-0.2, -0.15) is 0 Å². The number of nitrogens with zero attached hydrogens (tertiary/aromatic N) is 3. The van der Waals surface area contributed by atoms with Gasteiger partial charge in [0.05, 0.1) is 28.1 Å². The maximum absolute atomic E-state index is 12.3. The van der Waals surface area contributed by atoms with Crippen molar-refractivity contribution in [2.45, 2.75) is 6.54 Å². The number of amidine groups is 1. The van der Waals surface area contributed by atoms with Gasteiger partial charge >= 0.3 is 0 Å². The Morgan fingerprint density at radius 2 is 2.12 bits per heavy atom. The zero-order valence-electron chi connectivity index (χ0n) is 13.0. The summed E-state index contributed by atoms with van der Waals surface area (Å²) >= 11 is 1.54. The van der Waals surface area contributed by atoms with Crippen molar-refractivity contribution in [1.29, 1.82) is 0 Å². The van der Waals surface area contributed by atoms with Crippen LogP contribution in [0, 0.1) is 0 Å². The number of amides is 1. The van der Waals surface area contributed by atoms with Crippen molar-refractivity contribution in [3.63, 3.8) is 0 Å². The summed E-state index contributed by atoms with van der Waals surface area (Å²) in [6, 6.07) is 7.82. The van der Waals surface area contributed by atoms with Gasteiger partial charge < -0.3 is 10.2 Å². The maximum Gasteiger partial charge on any atom is 0.256 e. The molecule has 3 heterocycles. The summed E-state index contributed by atoms with van der Waals surface area (Å²) in [5.74, 6) is 0.0542. The lowest BCUT2D eigenvalue weighted by Crippen LogP contribution is -2.38. The highest BCUT2D eigenvalue weighted by Gasteiger charge is 2.24. The van der Waals surface area contributed by atoms with Crippen molar-refractivity contribution in [2.24, 2.45) is 4.40 Å². The highest BCUT2D eigenvalue weighted by Crippen LogP contribution is 2.21. The fourth-order valence-corrected chi connectivity index (χ4v) is 4.47. The van der Waals surface area contributed by atoms with Gasteiger partial charge in [-0.3, -0.25) is 4.79 Å². The van der Waals surface area contributed by atoms with Crippen molar-refractivity contribution in [3.8, 4) is 0 Å². The van der Waals surface area contributed by atoms with E-state index in [9.17, 15) is 13.2 Å². The maximum atomic E-state index is 12.3. The van der Waals surface area contributed by atoms with E-state index < -0.39 is 10.0 Å². The Kier molecular flexibility index (Phi) is 3.89. The van der Waals surface area contributed by atoms with E-state index in [-0.39, 0.29) is 11.7 Å². The largest absolute Gasteiger partial charge is 0.345 e. The zero-order chi connectivity index (χ0) is 17.4. The molecule has 128 valence electrons. The molecule has 2 aromatic rings. The molecule has 0 bridgehead atoms. The van der Waals surface area contributed by atoms with Crippen LogP contribution in [0.15, 0.2) is 52.6 Å². The number of rotatable bonds is 3. The minimum atomic E-state index is -3.39. The van der Waals surface area contributed by atoms with Crippen molar-refractivity contribution in [3.05, 3.63) is 53.2 Å². The number of carbonyl (C=O) groups is 1. The smallest absolute Gasteiger partial charge is 0.256 e. The Hall–Kier alpha value is -2.52. The number of para-hydroxylation sites is 1. The predicted octanol–water partition coefficient (Wildman–Crippen LogP) is 1.41. The van der Waals surface area contributed by atoms with E-state index in [4.69, 9.17) is 0 Å². The molecule has 1 N–H and O–H groups in total. The van der Waals surface area contributed by atoms with E-state index >= 15 is 0 Å². The average Bonchev–Trinajstić information content (AvgIpc) is 3.01. The molecule has 0 atom stereocenters.